The van der Waals surface area contributed by atoms with Crippen LogP contribution in [0.5, 0.6) is 0 Å². The zero-order valence-corrected chi connectivity index (χ0v) is 9.86. The highest BCUT2D eigenvalue weighted by atomic mass is 16.4. The molecule has 3 N–H and O–H groups in total. The minimum Gasteiger partial charge on any atom is -0.480 e. The molecule has 0 aromatic heterocycles. The number of nitrogens with one attached hydrogen (secondary N) is 2. The predicted octanol–water partition coefficient (Wildman–Crippen LogP) is 0.860. The van der Waals surface area contributed by atoms with E-state index in [-0.39, 0.29) is 5.91 Å². The van der Waals surface area contributed by atoms with Gasteiger partial charge in [-0.3, -0.25) is 9.59 Å². The molecule has 0 radical (unpaired) electrons. The number of benzene rings is 1. The summed E-state index contributed by atoms with van der Waals surface area (Å²) in [5, 5.41) is 14.1. The monoisotopic (exact) mass is 236 g/mol. The molecule has 17 heavy (non-hydrogen) atoms. The van der Waals surface area contributed by atoms with Gasteiger partial charge in [0, 0.05) is 12.7 Å². The van der Waals surface area contributed by atoms with Crippen molar-refractivity contribution in [3.05, 3.63) is 29.8 Å². The lowest BCUT2D eigenvalue weighted by atomic mass is 10.1. The van der Waals surface area contributed by atoms with Gasteiger partial charge in [0.1, 0.15) is 6.04 Å². The van der Waals surface area contributed by atoms with Gasteiger partial charge in [-0.2, -0.15) is 0 Å². The normalized spacial score (nSPS) is 11.6. The minimum atomic E-state index is -0.903. The smallest absolute Gasteiger partial charge is 0.325 e. The van der Waals surface area contributed by atoms with Crippen molar-refractivity contribution in [2.75, 3.05) is 12.4 Å². The summed E-state index contributed by atoms with van der Waals surface area (Å²) in [6, 6.07) is 6.48. The van der Waals surface area contributed by atoms with E-state index in [0.717, 1.165) is 11.3 Å². The summed E-state index contributed by atoms with van der Waals surface area (Å²) in [5.41, 5.74) is 1.61. The molecule has 1 unspecified atom stereocenters. The number of anilines is 1. The maximum atomic E-state index is 11.1. The van der Waals surface area contributed by atoms with Gasteiger partial charge in [0.15, 0.2) is 0 Å². The van der Waals surface area contributed by atoms with Gasteiger partial charge in [0.05, 0.1) is 6.42 Å². The topological polar surface area (TPSA) is 78.4 Å². The Morgan fingerprint density at radius 3 is 2.35 bits per heavy atom. The second kappa shape index (κ2) is 5.89. The number of hydrogen-bond acceptors (Lipinski definition) is 3. The third kappa shape index (κ3) is 4.14. The molecular weight excluding hydrogens is 220 g/mol. The molecule has 92 valence electrons. The van der Waals surface area contributed by atoms with Crippen molar-refractivity contribution < 1.29 is 14.7 Å². The molecule has 0 bridgehead atoms. The SMILES string of the molecule is CNC(=O)Cc1ccc(NC(C)C(=O)O)cc1. The quantitative estimate of drug-likeness (QED) is 0.708. The van der Waals surface area contributed by atoms with Crippen molar-refractivity contribution in [3.63, 3.8) is 0 Å². The number of carboxylic acids is 1. The second-order valence-corrected chi connectivity index (χ2v) is 3.75. The summed E-state index contributed by atoms with van der Waals surface area (Å²) >= 11 is 0. The van der Waals surface area contributed by atoms with E-state index in [1.54, 1.807) is 38.2 Å². The minimum absolute atomic E-state index is 0.0513. The highest BCUT2D eigenvalue weighted by Gasteiger charge is 2.09. The van der Waals surface area contributed by atoms with E-state index < -0.39 is 12.0 Å². The zero-order valence-electron chi connectivity index (χ0n) is 9.86. The Morgan fingerprint density at radius 1 is 1.29 bits per heavy atom. The van der Waals surface area contributed by atoms with Crippen molar-refractivity contribution in [1.29, 1.82) is 0 Å². The van der Waals surface area contributed by atoms with E-state index >= 15 is 0 Å². The van der Waals surface area contributed by atoms with Crippen LogP contribution in [0.25, 0.3) is 0 Å². The molecule has 5 heteroatoms. The highest BCUT2D eigenvalue weighted by Crippen LogP contribution is 2.11. The molecule has 0 spiro atoms. The molecule has 1 rings (SSSR count). The van der Waals surface area contributed by atoms with E-state index in [1.165, 1.54) is 0 Å². The van der Waals surface area contributed by atoms with Crippen molar-refractivity contribution in [3.8, 4) is 0 Å². The first-order valence-electron chi connectivity index (χ1n) is 5.32. The van der Waals surface area contributed by atoms with Crippen LogP contribution in [0.4, 0.5) is 5.69 Å². The Labute approximate surface area is 99.8 Å². The van der Waals surface area contributed by atoms with E-state index in [4.69, 9.17) is 5.11 Å². The van der Waals surface area contributed by atoms with Crippen LogP contribution >= 0.6 is 0 Å². The van der Waals surface area contributed by atoms with Gasteiger partial charge in [-0.05, 0) is 24.6 Å². The van der Waals surface area contributed by atoms with Gasteiger partial charge in [0.25, 0.3) is 0 Å². The fourth-order valence-corrected chi connectivity index (χ4v) is 1.30. The van der Waals surface area contributed by atoms with Gasteiger partial charge in [0.2, 0.25) is 5.91 Å². The maximum absolute atomic E-state index is 11.1. The van der Waals surface area contributed by atoms with Crippen LogP contribution in [0, 0.1) is 0 Å². The third-order valence-corrected chi connectivity index (χ3v) is 2.35. The largest absolute Gasteiger partial charge is 0.480 e. The molecule has 0 aliphatic rings. The molecule has 0 aliphatic carbocycles. The second-order valence-electron chi connectivity index (χ2n) is 3.75. The van der Waals surface area contributed by atoms with E-state index in [1.807, 2.05) is 0 Å². The van der Waals surface area contributed by atoms with Gasteiger partial charge in [-0.1, -0.05) is 12.1 Å². The first-order chi connectivity index (χ1) is 8.02. The van der Waals surface area contributed by atoms with Gasteiger partial charge in [-0.25, -0.2) is 0 Å². The fraction of sp³-hybridized carbons (Fsp3) is 0.333. The molecule has 5 nitrogen and oxygen atoms in total. The Kier molecular flexibility index (Phi) is 4.51. The zero-order chi connectivity index (χ0) is 12.8. The highest BCUT2D eigenvalue weighted by molar-refractivity contribution is 5.78. The Balaban J connectivity index is 2.62. The number of hydrogen-bond donors (Lipinski definition) is 3. The predicted molar refractivity (Wildman–Crippen MR) is 64.9 cm³/mol. The third-order valence-electron chi connectivity index (χ3n) is 2.35. The molecule has 0 saturated carbocycles. The maximum Gasteiger partial charge on any atom is 0.325 e. The molecule has 1 aromatic rings. The average Bonchev–Trinajstić information content (AvgIpc) is 2.31. The lowest BCUT2D eigenvalue weighted by Crippen LogP contribution is -2.25. The van der Waals surface area contributed by atoms with Crippen molar-refractivity contribution >= 4 is 17.6 Å². The van der Waals surface area contributed by atoms with Gasteiger partial charge >= 0.3 is 5.97 Å². The van der Waals surface area contributed by atoms with Crippen LogP contribution in [0.1, 0.15) is 12.5 Å². The Morgan fingerprint density at radius 2 is 1.88 bits per heavy atom. The standard InChI is InChI=1S/C12H16N2O3/c1-8(12(16)17)14-10-5-3-9(4-6-10)7-11(15)13-2/h3-6,8,14H,7H2,1-2H3,(H,13,15)(H,16,17). The van der Waals surface area contributed by atoms with Crippen LogP contribution in [0.3, 0.4) is 0 Å². The first kappa shape index (κ1) is 13.0. The Bertz CT molecular complexity index is 401. The van der Waals surface area contributed by atoms with Gasteiger partial charge in [-0.15, -0.1) is 0 Å². The number of carbonyl (C=O) groups excluding carboxylic acids is 1. The molecule has 0 fully saturated rings. The molecule has 1 atom stereocenters. The van der Waals surface area contributed by atoms with Crippen LogP contribution < -0.4 is 10.6 Å². The fourth-order valence-electron chi connectivity index (χ4n) is 1.30. The van der Waals surface area contributed by atoms with Crippen LogP contribution in [0.15, 0.2) is 24.3 Å². The van der Waals surface area contributed by atoms with Crippen LogP contribution in [-0.2, 0) is 16.0 Å². The number of rotatable bonds is 5. The molecule has 0 aliphatic heterocycles. The van der Waals surface area contributed by atoms with E-state index in [9.17, 15) is 9.59 Å². The first-order valence-corrected chi connectivity index (χ1v) is 5.32. The van der Waals surface area contributed by atoms with E-state index in [2.05, 4.69) is 10.6 Å². The Hall–Kier alpha value is -2.04. The van der Waals surface area contributed by atoms with Crippen molar-refractivity contribution in [2.24, 2.45) is 0 Å². The molecular formula is C12H16N2O3. The number of amides is 1. The lowest BCUT2D eigenvalue weighted by molar-refractivity contribution is -0.137. The van der Waals surface area contributed by atoms with Crippen LogP contribution in [-0.4, -0.2) is 30.1 Å². The number of carbonyl (C=O) groups is 2. The number of aliphatic carboxylic acids is 1. The number of carboxylic acid groups (broad SMARTS) is 1. The van der Waals surface area contributed by atoms with E-state index in [0.29, 0.717) is 6.42 Å². The molecule has 0 saturated heterocycles. The summed E-state index contributed by atoms with van der Waals surface area (Å²) in [5.74, 6) is -0.955. The summed E-state index contributed by atoms with van der Waals surface area (Å²) in [6.07, 6.45) is 0.325. The molecule has 1 aromatic carbocycles. The molecule has 1 amide bonds. The van der Waals surface area contributed by atoms with Crippen LogP contribution in [0.2, 0.25) is 0 Å². The van der Waals surface area contributed by atoms with Crippen molar-refractivity contribution in [1.82, 2.24) is 5.32 Å². The summed E-state index contributed by atoms with van der Waals surface area (Å²) < 4.78 is 0. The lowest BCUT2D eigenvalue weighted by Gasteiger charge is -2.11. The van der Waals surface area contributed by atoms with Crippen molar-refractivity contribution in [2.45, 2.75) is 19.4 Å². The summed E-state index contributed by atoms with van der Waals surface area (Å²) in [7, 11) is 1.59. The number of likely N-dealkylation sites (N-methyl/N-ethyl adjacent to an activating group) is 1. The molecule has 0 heterocycles. The summed E-state index contributed by atoms with van der Waals surface area (Å²) in [4.78, 5) is 21.8. The average molecular weight is 236 g/mol. The van der Waals surface area contributed by atoms with Gasteiger partial charge < -0.3 is 15.7 Å². The summed E-state index contributed by atoms with van der Waals surface area (Å²) in [6.45, 7) is 1.57.